The van der Waals surface area contributed by atoms with Crippen molar-refractivity contribution in [2.75, 3.05) is 12.1 Å². The van der Waals surface area contributed by atoms with Crippen molar-refractivity contribution in [3.63, 3.8) is 0 Å². The number of para-hydroxylation sites is 1. The summed E-state index contributed by atoms with van der Waals surface area (Å²) in [5.41, 5.74) is 2.12. The lowest BCUT2D eigenvalue weighted by Crippen LogP contribution is -2.02. The fourth-order valence-corrected chi connectivity index (χ4v) is 3.28. The summed E-state index contributed by atoms with van der Waals surface area (Å²) in [5, 5.41) is 6.99. The van der Waals surface area contributed by atoms with Gasteiger partial charge in [-0.2, -0.15) is 0 Å². The largest absolute Gasteiger partial charge is 0.454 e. The van der Waals surface area contributed by atoms with Crippen LogP contribution in [0.2, 0.25) is 0 Å². The van der Waals surface area contributed by atoms with Gasteiger partial charge in [0.05, 0.1) is 5.52 Å². The average Bonchev–Trinajstić information content (AvgIpc) is 3.14. The SMILES string of the molecule is c1ccc2c(c1)nc(NCc1ccc3c(c1)OCO3)c1ccccc12. The smallest absolute Gasteiger partial charge is 0.231 e. The van der Waals surface area contributed by atoms with Crippen molar-refractivity contribution in [3.8, 4) is 11.5 Å². The van der Waals surface area contributed by atoms with Crippen LogP contribution in [0.25, 0.3) is 21.7 Å². The lowest BCUT2D eigenvalue weighted by Gasteiger charge is -2.12. The van der Waals surface area contributed by atoms with E-state index in [0.29, 0.717) is 13.3 Å². The van der Waals surface area contributed by atoms with Crippen LogP contribution < -0.4 is 14.8 Å². The Hall–Kier alpha value is -3.27. The van der Waals surface area contributed by atoms with Gasteiger partial charge in [-0.3, -0.25) is 0 Å². The molecule has 0 unspecified atom stereocenters. The molecule has 25 heavy (non-hydrogen) atoms. The second-order valence-corrected chi connectivity index (χ2v) is 6.06. The summed E-state index contributed by atoms with van der Waals surface area (Å²) >= 11 is 0. The minimum atomic E-state index is 0.295. The Bertz CT molecular complexity index is 1090. The number of ether oxygens (including phenoxy) is 2. The minimum absolute atomic E-state index is 0.295. The summed E-state index contributed by atoms with van der Waals surface area (Å²) in [4.78, 5) is 4.82. The molecule has 1 aliphatic rings. The van der Waals surface area contributed by atoms with Gasteiger partial charge < -0.3 is 14.8 Å². The van der Waals surface area contributed by atoms with Crippen LogP contribution >= 0.6 is 0 Å². The molecule has 0 radical (unpaired) electrons. The van der Waals surface area contributed by atoms with E-state index >= 15 is 0 Å². The van der Waals surface area contributed by atoms with Crippen molar-refractivity contribution in [1.82, 2.24) is 4.98 Å². The van der Waals surface area contributed by atoms with Gasteiger partial charge in [-0.05, 0) is 29.1 Å². The maximum atomic E-state index is 5.45. The molecule has 5 rings (SSSR count). The molecule has 0 fully saturated rings. The second kappa shape index (κ2) is 5.67. The number of nitrogens with one attached hydrogen (secondary N) is 1. The van der Waals surface area contributed by atoms with Crippen LogP contribution in [0.15, 0.2) is 66.7 Å². The predicted octanol–water partition coefficient (Wildman–Crippen LogP) is 4.73. The fourth-order valence-electron chi connectivity index (χ4n) is 3.28. The molecule has 0 atom stereocenters. The molecular weight excluding hydrogens is 312 g/mol. The van der Waals surface area contributed by atoms with Crippen molar-refractivity contribution in [2.45, 2.75) is 6.54 Å². The number of benzene rings is 3. The first-order valence-electron chi connectivity index (χ1n) is 8.28. The zero-order valence-corrected chi connectivity index (χ0v) is 13.5. The molecule has 4 heteroatoms. The summed E-state index contributed by atoms with van der Waals surface area (Å²) in [6, 6.07) is 22.6. The van der Waals surface area contributed by atoms with Gasteiger partial charge in [-0.1, -0.05) is 48.5 Å². The van der Waals surface area contributed by atoms with E-state index in [9.17, 15) is 0 Å². The number of nitrogens with zero attached hydrogens (tertiary/aromatic N) is 1. The minimum Gasteiger partial charge on any atom is -0.454 e. The molecule has 122 valence electrons. The lowest BCUT2D eigenvalue weighted by molar-refractivity contribution is 0.174. The van der Waals surface area contributed by atoms with Crippen molar-refractivity contribution in [3.05, 3.63) is 72.3 Å². The topological polar surface area (TPSA) is 43.4 Å². The first kappa shape index (κ1) is 14.1. The number of hydrogen-bond donors (Lipinski definition) is 1. The highest BCUT2D eigenvalue weighted by Gasteiger charge is 2.13. The summed E-state index contributed by atoms with van der Waals surface area (Å²) in [6.45, 7) is 0.967. The molecular formula is C21H16N2O2. The summed E-state index contributed by atoms with van der Waals surface area (Å²) in [6.07, 6.45) is 0. The molecule has 4 nitrogen and oxygen atoms in total. The highest BCUT2D eigenvalue weighted by molar-refractivity contribution is 6.09. The monoisotopic (exact) mass is 328 g/mol. The molecule has 3 aromatic carbocycles. The molecule has 0 bridgehead atoms. The first-order valence-corrected chi connectivity index (χ1v) is 8.28. The summed E-state index contributed by atoms with van der Waals surface area (Å²) < 4.78 is 10.8. The van der Waals surface area contributed by atoms with Crippen LogP contribution in [0, 0.1) is 0 Å². The number of aromatic nitrogens is 1. The number of anilines is 1. The van der Waals surface area contributed by atoms with E-state index in [1.807, 2.05) is 36.4 Å². The van der Waals surface area contributed by atoms with E-state index in [1.165, 1.54) is 10.8 Å². The maximum absolute atomic E-state index is 5.45. The van der Waals surface area contributed by atoms with Gasteiger partial charge in [0.1, 0.15) is 5.82 Å². The Morgan fingerprint density at radius 3 is 2.48 bits per heavy atom. The Morgan fingerprint density at radius 1 is 0.800 bits per heavy atom. The van der Waals surface area contributed by atoms with Crippen LogP contribution in [0.5, 0.6) is 11.5 Å². The quantitative estimate of drug-likeness (QED) is 0.552. The van der Waals surface area contributed by atoms with Gasteiger partial charge >= 0.3 is 0 Å². The van der Waals surface area contributed by atoms with Crippen LogP contribution in [0.1, 0.15) is 5.56 Å². The van der Waals surface area contributed by atoms with Crippen molar-refractivity contribution in [2.24, 2.45) is 0 Å². The Morgan fingerprint density at radius 2 is 1.56 bits per heavy atom. The van der Waals surface area contributed by atoms with Crippen molar-refractivity contribution < 1.29 is 9.47 Å². The number of pyridine rings is 1. The van der Waals surface area contributed by atoms with Gasteiger partial charge in [0.25, 0.3) is 0 Å². The Labute approximate surface area is 145 Å². The molecule has 1 aliphatic heterocycles. The van der Waals surface area contributed by atoms with E-state index in [-0.39, 0.29) is 0 Å². The van der Waals surface area contributed by atoms with Gasteiger partial charge in [0.15, 0.2) is 11.5 Å². The zero-order chi connectivity index (χ0) is 16.6. The van der Waals surface area contributed by atoms with Crippen LogP contribution in [-0.4, -0.2) is 11.8 Å². The molecule has 0 amide bonds. The zero-order valence-electron chi connectivity index (χ0n) is 13.5. The number of hydrogen-bond acceptors (Lipinski definition) is 4. The predicted molar refractivity (Wildman–Crippen MR) is 99.1 cm³/mol. The number of rotatable bonds is 3. The first-order chi connectivity index (χ1) is 12.4. The molecule has 0 saturated heterocycles. The third-order valence-corrected chi connectivity index (χ3v) is 4.51. The van der Waals surface area contributed by atoms with E-state index < -0.39 is 0 Å². The lowest BCUT2D eigenvalue weighted by atomic mass is 10.1. The second-order valence-electron chi connectivity index (χ2n) is 6.06. The van der Waals surface area contributed by atoms with E-state index in [4.69, 9.17) is 14.5 Å². The molecule has 2 heterocycles. The summed E-state index contributed by atoms with van der Waals surface area (Å²) in [5.74, 6) is 2.50. The highest BCUT2D eigenvalue weighted by Crippen LogP contribution is 2.33. The van der Waals surface area contributed by atoms with Crippen molar-refractivity contribution in [1.29, 1.82) is 0 Å². The van der Waals surface area contributed by atoms with E-state index in [0.717, 1.165) is 33.8 Å². The van der Waals surface area contributed by atoms with Crippen molar-refractivity contribution >= 4 is 27.5 Å². The fraction of sp³-hybridized carbons (Fsp3) is 0.0952. The maximum Gasteiger partial charge on any atom is 0.231 e. The highest BCUT2D eigenvalue weighted by atomic mass is 16.7. The van der Waals surface area contributed by atoms with E-state index in [1.54, 1.807) is 0 Å². The van der Waals surface area contributed by atoms with Gasteiger partial charge in [-0.15, -0.1) is 0 Å². The van der Waals surface area contributed by atoms with Crippen LogP contribution in [-0.2, 0) is 6.54 Å². The standard InChI is InChI=1S/C21H16N2O2/c1-2-7-17-15(5-1)16-6-3-4-8-18(16)23-21(17)22-12-14-9-10-19-20(11-14)25-13-24-19/h1-11H,12-13H2,(H,22,23). The Kier molecular flexibility index (Phi) is 3.20. The molecule has 0 aliphatic carbocycles. The molecule has 1 aromatic heterocycles. The third kappa shape index (κ3) is 2.43. The van der Waals surface area contributed by atoms with Gasteiger partial charge in [0.2, 0.25) is 6.79 Å². The van der Waals surface area contributed by atoms with Crippen LogP contribution in [0.4, 0.5) is 5.82 Å². The van der Waals surface area contributed by atoms with Gasteiger partial charge in [-0.25, -0.2) is 4.98 Å². The Balaban J connectivity index is 1.53. The summed E-state index contributed by atoms with van der Waals surface area (Å²) in [7, 11) is 0. The molecule has 1 N–H and O–H groups in total. The molecule has 0 spiro atoms. The van der Waals surface area contributed by atoms with E-state index in [2.05, 4.69) is 35.6 Å². The number of fused-ring (bicyclic) bond motifs is 4. The van der Waals surface area contributed by atoms with Crippen LogP contribution in [0.3, 0.4) is 0 Å². The molecule has 4 aromatic rings. The normalized spacial score (nSPS) is 12.6. The third-order valence-electron chi connectivity index (χ3n) is 4.51. The molecule has 0 saturated carbocycles. The van der Waals surface area contributed by atoms with Gasteiger partial charge in [0, 0.05) is 17.3 Å². The average molecular weight is 328 g/mol.